The Hall–Kier alpha value is -1.65. The molecule has 0 saturated carbocycles. The summed E-state index contributed by atoms with van der Waals surface area (Å²) < 4.78 is 0. The van der Waals surface area contributed by atoms with Gasteiger partial charge in [0.15, 0.2) is 0 Å². The summed E-state index contributed by atoms with van der Waals surface area (Å²) >= 11 is 0. The van der Waals surface area contributed by atoms with E-state index in [1.165, 1.54) is 6.42 Å². The zero-order chi connectivity index (χ0) is 11.9. The zero-order valence-corrected chi connectivity index (χ0v) is 9.93. The Bertz CT molecular complexity index is 349. The van der Waals surface area contributed by atoms with Crippen LogP contribution in [0.25, 0.3) is 0 Å². The fourth-order valence-corrected chi connectivity index (χ4v) is 1.99. The molecule has 5 nitrogen and oxygen atoms in total. The van der Waals surface area contributed by atoms with Gasteiger partial charge in [-0.15, -0.1) is 5.10 Å². The summed E-state index contributed by atoms with van der Waals surface area (Å²) in [5, 5.41) is 10.8. The van der Waals surface area contributed by atoms with Crippen molar-refractivity contribution in [2.24, 2.45) is 0 Å². The summed E-state index contributed by atoms with van der Waals surface area (Å²) in [6.07, 6.45) is 5.69. The van der Waals surface area contributed by atoms with E-state index in [1.807, 2.05) is 17.0 Å². The second kappa shape index (κ2) is 6.18. The first-order valence-corrected chi connectivity index (χ1v) is 6.15. The Balaban J connectivity index is 1.69. The third-order valence-electron chi connectivity index (χ3n) is 2.93. The minimum atomic E-state index is 0.237. The van der Waals surface area contributed by atoms with E-state index in [9.17, 15) is 4.79 Å². The van der Waals surface area contributed by atoms with Gasteiger partial charge in [0.1, 0.15) is 5.82 Å². The van der Waals surface area contributed by atoms with Crippen LogP contribution >= 0.6 is 0 Å². The van der Waals surface area contributed by atoms with Crippen molar-refractivity contribution in [1.82, 2.24) is 15.1 Å². The van der Waals surface area contributed by atoms with E-state index in [4.69, 9.17) is 0 Å². The van der Waals surface area contributed by atoms with Crippen LogP contribution in [0.5, 0.6) is 0 Å². The van der Waals surface area contributed by atoms with Gasteiger partial charge in [-0.3, -0.25) is 4.79 Å². The number of amides is 1. The van der Waals surface area contributed by atoms with E-state index < -0.39 is 0 Å². The lowest BCUT2D eigenvalue weighted by Gasteiger charge is -2.26. The lowest BCUT2D eigenvalue weighted by molar-refractivity contribution is -0.131. The van der Waals surface area contributed by atoms with E-state index >= 15 is 0 Å². The van der Waals surface area contributed by atoms with Gasteiger partial charge >= 0.3 is 0 Å². The van der Waals surface area contributed by atoms with E-state index in [0.29, 0.717) is 13.0 Å². The van der Waals surface area contributed by atoms with Crippen LogP contribution in [0, 0.1) is 0 Å². The van der Waals surface area contributed by atoms with Crippen LogP contribution in [0.15, 0.2) is 18.3 Å². The van der Waals surface area contributed by atoms with Crippen LogP contribution in [-0.4, -0.2) is 40.6 Å². The third-order valence-corrected chi connectivity index (χ3v) is 2.93. The van der Waals surface area contributed by atoms with Crippen molar-refractivity contribution < 1.29 is 4.79 Å². The monoisotopic (exact) mass is 234 g/mol. The molecule has 0 atom stereocenters. The van der Waals surface area contributed by atoms with Crippen LogP contribution in [-0.2, 0) is 4.79 Å². The molecule has 1 saturated heterocycles. The van der Waals surface area contributed by atoms with Crippen molar-refractivity contribution in [3.8, 4) is 0 Å². The van der Waals surface area contributed by atoms with Crippen molar-refractivity contribution >= 4 is 11.7 Å². The molecule has 1 fully saturated rings. The van der Waals surface area contributed by atoms with Gasteiger partial charge in [-0.05, 0) is 31.4 Å². The summed E-state index contributed by atoms with van der Waals surface area (Å²) in [5.41, 5.74) is 0. The maximum atomic E-state index is 11.8. The smallest absolute Gasteiger partial charge is 0.224 e. The van der Waals surface area contributed by atoms with Crippen molar-refractivity contribution in [3.63, 3.8) is 0 Å². The predicted molar refractivity (Wildman–Crippen MR) is 65.6 cm³/mol. The number of anilines is 1. The van der Waals surface area contributed by atoms with E-state index in [2.05, 4.69) is 15.5 Å². The molecule has 0 aliphatic carbocycles. The molecule has 0 spiro atoms. The average Bonchev–Trinajstić information content (AvgIpc) is 2.41. The van der Waals surface area contributed by atoms with Crippen LogP contribution in [0.2, 0.25) is 0 Å². The van der Waals surface area contributed by atoms with E-state index in [-0.39, 0.29) is 5.91 Å². The molecule has 17 heavy (non-hydrogen) atoms. The Morgan fingerprint density at radius 1 is 1.35 bits per heavy atom. The van der Waals surface area contributed by atoms with Gasteiger partial charge < -0.3 is 10.2 Å². The minimum Gasteiger partial charge on any atom is -0.368 e. The van der Waals surface area contributed by atoms with Gasteiger partial charge in [0.25, 0.3) is 0 Å². The number of nitrogens with zero attached hydrogens (tertiary/aromatic N) is 3. The summed E-state index contributed by atoms with van der Waals surface area (Å²) in [6.45, 7) is 2.46. The van der Waals surface area contributed by atoms with E-state index in [0.717, 1.165) is 31.7 Å². The fraction of sp³-hybridized carbons (Fsp3) is 0.583. The molecule has 5 heteroatoms. The number of carbonyl (C=O) groups is 1. The van der Waals surface area contributed by atoms with Gasteiger partial charge in [-0.2, -0.15) is 5.10 Å². The number of piperidine rings is 1. The molecule has 92 valence electrons. The topological polar surface area (TPSA) is 58.1 Å². The van der Waals surface area contributed by atoms with Crippen molar-refractivity contribution in [1.29, 1.82) is 0 Å². The maximum Gasteiger partial charge on any atom is 0.224 e. The summed E-state index contributed by atoms with van der Waals surface area (Å²) in [7, 11) is 0. The minimum absolute atomic E-state index is 0.237. The molecular formula is C12H18N4O. The van der Waals surface area contributed by atoms with Gasteiger partial charge in [-0.25, -0.2) is 0 Å². The molecule has 1 amide bonds. The fourth-order valence-electron chi connectivity index (χ4n) is 1.99. The van der Waals surface area contributed by atoms with Crippen LogP contribution in [0.4, 0.5) is 5.82 Å². The summed E-state index contributed by atoms with van der Waals surface area (Å²) in [6, 6.07) is 3.67. The van der Waals surface area contributed by atoms with Gasteiger partial charge in [0.2, 0.25) is 5.91 Å². The first-order chi connectivity index (χ1) is 8.36. The largest absolute Gasteiger partial charge is 0.368 e. The third kappa shape index (κ3) is 3.69. The second-order valence-electron chi connectivity index (χ2n) is 4.23. The maximum absolute atomic E-state index is 11.8. The lowest BCUT2D eigenvalue weighted by atomic mass is 10.1. The SMILES string of the molecule is O=C(CCNc1cccnn1)N1CCCCC1. The van der Waals surface area contributed by atoms with Gasteiger partial charge in [-0.1, -0.05) is 0 Å². The molecule has 2 rings (SSSR count). The quantitative estimate of drug-likeness (QED) is 0.853. The number of hydrogen-bond acceptors (Lipinski definition) is 4. The highest BCUT2D eigenvalue weighted by atomic mass is 16.2. The van der Waals surface area contributed by atoms with E-state index in [1.54, 1.807) is 6.20 Å². The van der Waals surface area contributed by atoms with Crippen LogP contribution in [0.1, 0.15) is 25.7 Å². The van der Waals surface area contributed by atoms with Crippen molar-refractivity contribution in [3.05, 3.63) is 18.3 Å². The molecule has 1 aromatic rings. The van der Waals surface area contributed by atoms with Crippen LogP contribution < -0.4 is 5.32 Å². The number of rotatable bonds is 4. The standard InChI is InChI=1S/C12H18N4O/c17-12(16-9-2-1-3-10-16)6-8-13-11-5-4-7-14-15-11/h4-5,7H,1-3,6,8-10H2,(H,13,15). The van der Waals surface area contributed by atoms with Crippen molar-refractivity contribution in [2.45, 2.75) is 25.7 Å². The second-order valence-corrected chi connectivity index (χ2v) is 4.23. The Morgan fingerprint density at radius 2 is 2.18 bits per heavy atom. The summed E-state index contributed by atoms with van der Waals surface area (Å²) in [5.74, 6) is 0.958. The van der Waals surface area contributed by atoms with Crippen molar-refractivity contribution in [2.75, 3.05) is 25.0 Å². The lowest BCUT2D eigenvalue weighted by Crippen LogP contribution is -2.36. The van der Waals surface area contributed by atoms with Gasteiger partial charge in [0, 0.05) is 32.3 Å². The first-order valence-electron chi connectivity index (χ1n) is 6.15. The van der Waals surface area contributed by atoms with Gasteiger partial charge in [0.05, 0.1) is 0 Å². The molecule has 1 aliphatic heterocycles. The normalized spacial score (nSPS) is 15.6. The Kier molecular flexibility index (Phi) is 4.30. The zero-order valence-electron chi connectivity index (χ0n) is 9.93. The highest BCUT2D eigenvalue weighted by Crippen LogP contribution is 2.09. The molecule has 0 bridgehead atoms. The molecule has 1 aliphatic rings. The molecule has 0 aromatic carbocycles. The average molecular weight is 234 g/mol. The highest BCUT2D eigenvalue weighted by molar-refractivity contribution is 5.76. The molecule has 0 unspecified atom stereocenters. The predicted octanol–water partition coefficient (Wildman–Crippen LogP) is 1.29. The molecule has 1 N–H and O–H groups in total. The first kappa shape index (κ1) is 11.8. The molecule has 1 aromatic heterocycles. The Labute approximate surface area is 101 Å². The summed E-state index contributed by atoms with van der Waals surface area (Å²) in [4.78, 5) is 13.8. The Morgan fingerprint density at radius 3 is 2.88 bits per heavy atom. The highest BCUT2D eigenvalue weighted by Gasteiger charge is 2.15. The molecule has 2 heterocycles. The number of hydrogen-bond donors (Lipinski definition) is 1. The number of likely N-dealkylation sites (tertiary alicyclic amines) is 1. The molecular weight excluding hydrogens is 216 g/mol. The number of aromatic nitrogens is 2. The number of carbonyl (C=O) groups excluding carboxylic acids is 1. The molecule has 0 radical (unpaired) electrons. The number of nitrogens with one attached hydrogen (secondary N) is 1. The van der Waals surface area contributed by atoms with Crippen LogP contribution in [0.3, 0.4) is 0 Å².